The molecule has 0 radical (unpaired) electrons. The largest absolute Gasteiger partial charge is 0.459 e. The van der Waals surface area contributed by atoms with Crippen LogP contribution in [0.3, 0.4) is 0 Å². The summed E-state index contributed by atoms with van der Waals surface area (Å²) in [4.78, 5) is 12.9. The van der Waals surface area contributed by atoms with Gasteiger partial charge in [0.25, 0.3) is 5.91 Å². The van der Waals surface area contributed by atoms with Gasteiger partial charge in [-0.3, -0.25) is 4.79 Å². The third-order valence-corrected chi connectivity index (χ3v) is 1.67. The zero-order valence-electron chi connectivity index (χ0n) is 6.79. The molecular weight excluding hydrogens is 178 g/mol. The maximum Gasteiger partial charge on any atom is 0.289 e. The summed E-state index contributed by atoms with van der Waals surface area (Å²) in [5, 5.41) is 0. The van der Waals surface area contributed by atoms with Crippen LogP contribution in [0.4, 0.5) is 0 Å². The Morgan fingerprint density at radius 3 is 3.00 bits per heavy atom. The standard InChI is InChI=1S/C8H10ClNO2/c1-10(5-4-9)8(11)7-3-2-6-12-7/h2-3,6H,4-5H2,1H3. The third kappa shape index (κ3) is 2.01. The van der Waals surface area contributed by atoms with Crippen molar-refractivity contribution in [2.24, 2.45) is 0 Å². The van der Waals surface area contributed by atoms with E-state index in [0.29, 0.717) is 18.2 Å². The smallest absolute Gasteiger partial charge is 0.289 e. The van der Waals surface area contributed by atoms with Gasteiger partial charge in [-0.05, 0) is 12.1 Å². The molecule has 0 aromatic carbocycles. The number of nitrogens with zero attached hydrogens (tertiary/aromatic N) is 1. The minimum Gasteiger partial charge on any atom is -0.459 e. The summed E-state index contributed by atoms with van der Waals surface area (Å²) in [5.74, 6) is 0.645. The maximum atomic E-state index is 11.4. The zero-order valence-corrected chi connectivity index (χ0v) is 7.54. The number of amides is 1. The number of furan rings is 1. The van der Waals surface area contributed by atoms with E-state index in [1.807, 2.05) is 0 Å². The van der Waals surface area contributed by atoms with Crippen LogP contribution in [0.15, 0.2) is 22.8 Å². The third-order valence-electron chi connectivity index (χ3n) is 1.50. The molecule has 66 valence electrons. The lowest BCUT2D eigenvalue weighted by Gasteiger charge is -2.12. The van der Waals surface area contributed by atoms with Gasteiger partial charge in [-0.1, -0.05) is 0 Å². The van der Waals surface area contributed by atoms with Crippen molar-refractivity contribution in [2.75, 3.05) is 19.5 Å². The van der Waals surface area contributed by atoms with E-state index in [0.717, 1.165) is 0 Å². The average Bonchev–Trinajstić information content (AvgIpc) is 2.55. The van der Waals surface area contributed by atoms with Crippen LogP contribution in [-0.4, -0.2) is 30.3 Å². The van der Waals surface area contributed by atoms with E-state index in [9.17, 15) is 4.79 Å². The number of carbonyl (C=O) groups excluding carboxylic acids is 1. The molecule has 0 saturated carbocycles. The van der Waals surface area contributed by atoms with Crippen molar-refractivity contribution in [3.05, 3.63) is 24.2 Å². The number of hydrogen-bond acceptors (Lipinski definition) is 2. The lowest BCUT2D eigenvalue weighted by molar-refractivity contribution is 0.0772. The van der Waals surface area contributed by atoms with Crippen LogP contribution in [0.2, 0.25) is 0 Å². The molecule has 1 amide bonds. The van der Waals surface area contributed by atoms with Crippen LogP contribution in [-0.2, 0) is 0 Å². The SMILES string of the molecule is CN(CCCl)C(=O)c1ccco1. The van der Waals surface area contributed by atoms with E-state index in [1.54, 1.807) is 19.2 Å². The number of halogens is 1. The second-order valence-corrected chi connectivity index (χ2v) is 2.77. The molecule has 0 spiro atoms. The lowest BCUT2D eigenvalue weighted by Crippen LogP contribution is -2.28. The highest BCUT2D eigenvalue weighted by atomic mass is 35.5. The van der Waals surface area contributed by atoms with E-state index in [1.165, 1.54) is 11.2 Å². The fraction of sp³-hybridized carbons (Fsp3) is 0.375. The molecule has 0 aliphatic heterocycles. The molecule has 4 heteroatoms. The van der Waals surface area contributed by atoms with Crippen LogP contribution >= 0.6 is 11.6 Å². The highest BCUT2D eigenvalue weighted by Crippen LogP contribution is 2.03. The fourth-order valence-electron chi connectivity index (χ4n) is 0.817. The summed E-state index contributed by atoms with van der Waals surface area (Å²) < 4.78 is 4.93. The number of carbonyl (C=O) groups is 1. The quantitative estimate of drug-likeness (QED) is 0.674. The van der Waals surface area contributed by atoms with Crippen molar-refractivity contribution in [1.82, 2.24) is 4.90 Å². The normalized spacial score (nSPS) is 9.83. The lowest BCUT2D eigenvalue weighted by atomic mass is 10.4. The van der Waals surface area contributed by atoms with Gasteiger partial charge in [0.2, 0.25) is 0 Å². The molecule has 0 atom stereocenters. The van der Waals surface area contributed by atoms with Crippen molar-refractivity contribution in [1.29, 1.82) is 0 Å². The fourth-order valence-corrected chi connectivity index (χ4v) is 1.07. The topological polar surface area (TPSA) is 33.5 Å². The zero-order chi connectivity index (χ0) is 8.97. The van der Waals surface area contributed by atoms with Crippen molar-refractivity contribution in [3.8, 4) is 0 Å². The second-order valence-electron chi connectivity index (χ2n) is 2.39. The molecule has 0 saturated heterocycles. The second kappa shape index (κ2) is 4.16. The summed E-state index contributed by atoms with van der Waals surface area (Å²) in [6, 6.07) is 3.31. The molecule has 0 aliphatic rings. The van der Waals surface area contributed by atoms with Gasteiger partial charge in [0.15, 0.2) is 5.76 Å². The Balaban J connectivity index is 2.59. The molecule has 1 aromatic rings. The van der Waals surface area contributed by atoms with Gasteiger partial charge in [0, 0.05) is 19.5 Å². The Labute approximate surface area is 75.9 Å². The highest BCUT2D eigenvalue weighted by Gasteiger charge is 2.12. The number of hydrogen-bond donors (Lipinski definition) is 0. The molecule has 0 aliphatic carbocycles. The first-order valence-electron chi connectivity index (χ1n) is 3.60. The Kier molecular flexibility index (Phi) is 3.17. The Morgan fingerprint density at radius 1 is 1.75 bits per heavy atom. The van der Waals surface area contributed by atoms with Gasteiger partial charge >= 0.3 is 0 Å². The van der Waals surface area contributed by atoms with E-state index >= 15 is 0 Å². The predicted octanol–water partition coefficient (Wildman–Crippen LogP) is 1.59. The molecule has 1 rings (SSSR count). The van der Waals surface area contributed by atoms with Crippen LogP contribution in [0, 0.1) is 0 Å². The highest BCUT2D eigenvalue weighted by molar-refractivity contribution is 6.18. The van der Waals surface area contributed by atoms with Crippen LogP contribution in [0.1, 0.15) is 10.6 Å². The molecular formula is C8H10ClNO2. The van der Waals surface area contributed by atoms with E-state index < -0.39 is 0 Å². The molecule has 12 heavy (non-hydrogen) atoms. The van der Waals surface area contributed by atoms with E-state index in [-0.39, 0.29) is 5.91 Å². The van der Waals surface area contributed by atoms with Crippen LogP contribution < -0.4 is 0 Å². The van der Waals surface area contributed by atoms with Crippen molar-refractivity contribution in [3.63, 3.8) is 0 Å². The first-order valence-corrected chi connectivity index (χ1v) is 4.14. The van der Waals surface area contributed by atoms with Crippen LogP contribution in [0.25, 0.3) is 0 Å². The van der Waals surface area contributed by atoms with Gasteiger partial charge < -0.3 is 9.32 Å². The van der Waals surface area contributed by atoms with Crippen molar-refractivity contribution >= 4 is 17.5 Å². The summed E-state index contributed by atoms with van der Waals surface area (Å²) in [7, 11) is 1.69. The molecule has 0 fully saturated rings. The molecule has 0 unspecified atom stereocenters. The maximum absolute atomic E-state index is 11.4. The monoisotopic (exact) mass is 187 g/mol. The molecule has 3 nitrogen and oxygen atoms in total. The molecule has 1 aromatic heterocycles. The Morgan fingerprint density at radius 2 is 2.50 bits per heavy atom. The first-order chi connectivity index (χ1) is 5.75. The summed E-state index contributed by atoms with van der Waals surface area (Å²) in [6.07, 6.45) is 1.47. The predicted molar refractivity (Wildman–Crippen MR) is 46.4 cm³/mol. The minimum atomic E-state index is -0.138. The molecule has 1 heterocycles. The van der Waals surface area contributed by atoms with Crippen molar-refractivity contribution in [2.45, 2.75) is 0 Å². The Bertz CT molecular complexity index is 246. The Hall–Kier alpha value is -0.960. The average molecular weight is 188 g/mol. The first kappa shape index (κ1) is 9.13. The molecule has 0 N–H and O–H groups in total. The number of alkyl halides is 1. The van der Waals surface area contributed by atoms with Gasteiger partial charge in [0.1, 0.15) is 0 Å². The summed E-state index contributed by atoms with van der Waals surface area (Å²) in [6.45, 7) is 0.529. The van der Waals surface area contributed by atoms with E-state index in [2.05, 4.69) is 0 Å². The van der Waals surface area contributed by atoms with Gasteiger partial charge in [-0.15, -0.1) is 11.6 Å². The van der Waals surface area contributed by atoms with Gasteiger partial charge in [-0.25, -0.2) is 0 Å². The molecule has 0 bridgehead atoms. The van der Waals surface area contributed by atoms with Crippen LogP contribution in [0.5, 0.6) is 0 Å². The van der Waals surface area contributed by atoms with Gasteiger partial charge in [0.05, 0.1) is 6.26 Å². The van der Waals surface area contributed by atoms with Gasteiger partial charge in [-0.2, -0.15) is 0 Å². The van der Waals surface area contributed by atoms with E-state index in [4.69, 9.17) is 16.0 Å². The number of rotatable bonds is 3. The minimum absolute atomic E-state index is 0.138. The summed E-state index contributed by atoms with van der Waals surface area (Å²) in [5.41, 5.74) is 0. The van der Waals surface area contributed by atoms with Crippen molar-refractivity contribution < 1.29 is 9.21 Å². The summed E-state index contributed by atoms with van der Waals surface area (Å²) >= 11 is 5.48.